The molecule has 0 saturated carbocycles. The lowest BCUT2D eigenvalue weighted by Gasteiger charge is -2.11. The molecule has 14 heavy (non-hydrogen) atoms. The third-order valence-corrected chi connectivity index (χ3v) is 1.50. The molecular weight excluding hydrogens is 228 g/mol. The lowest BCUT2D eigenvalue weighted by Crippen LogP contribution is -2.19. The van der Waals surface area contributed by atoms with E-state index in [4.69, 9.17) is 17.3 Å². The van der Waals surface area contributed by atoms with E-state index >= 15 is 0 Å². The maximum absolute atomic E-state index is 12.7. The number of aromatic nitrogens is 1. The molecule has 1 aromatic heterocycles. The number of hydrogen-bond donors (Lipinski definition) is 1. The van der Waals surface area contributed by atoms with Gasteiger partial charge in [-0.1, -0.05) is 11.6 Å². The summed E-state index contributed by atoms with van der Waals surface area (Å²) in [6.45, 7) is 0. The molecule has 0 bridgehead atoms. The van der Waals surface area contributed by atoms with Gasteiger partial charge in [0.1, 0.15) is 0 Å². The molecule has 0 aromatic carbocycles. The Bertz CT molecular complexity index is 354. The topological polar surface area (TPSA) is 48.1 Å². The van der Waals surface area contributed by atoms with Crippen LogP contribution in [0.25, 0.3) is 0 Å². The minimum atomic E-state index is -5.04. The highest BCUT2D eigenvalue weighted by molar-refractivity contribution is 6.33. The summed E-state index contributed by atoms with van der Waals surface area (Å²) in [6, 6.07) is 0. The van der Waals surface area contributed by atoms with Crippen LogP contribution in [0.15, 0.2) is 6.20 Å². The first kappa shape index (κ1) is 10.8. The summed E-state index contributed by atoms with van der Waals surface area (Å²) in [7, 11) is 0. The Morgan fingerprint density at radius 1 is 1.43 bits per heavy atom. The van der Waals surface area contributed by atoms with Gasteiger partial charge in [0.2, 0.25) is 5.75 Å². The van der Waals surface area contributed by atoms with Crippen LogP contribution in [-0.4, -0.2) is 11.3 Å². The molecule has 0 saturated heterocycles. The van der Waals surface area contributed by atoms with E-state index in [1.54, 1.807) is 0 Å². The molecule has 3 nitrogen and oxygen atoms in total. The zero-order chi connectivity index (χ0) is 10.9. The van der Waals surface area contributed by atoms with Crippen LogP contribution in [0.3, 0.4) is 0 Å². The highest BCUT2D eigenvalue weighted by atomic mass is 35.5. The molecule has 0 unspecified atom stereocenters. The minimum Gasteiger partial charge on any atom is -0.399 e. The zero-order valence-corrected chi connectivity index (χ0v) is 7.16. The standard InChI is InChI=1S/C6H3ClF4N2O/c7-2-1-13-5(8)4(3(2)12)14-6(9,10)11/h1H,(H2,12,13). The fourth-order valence-electron chi connectivity index (χ4n) is 0.674. The number of halogens is 5. The summed E-state index contributed by atoms with van der Waals surface area (Å²) in [6.07, 6.45) is -4.25. The largest absolute Gasteiger partial charge is 0.573 e. The molecule has 78 valence electrons. The van der Waals surface area contributed by atoms with Gasteiger partial charge in [0.15, 0.2) is 0 Å². The number of nitrogens with two attached hydrogens (primary N) is 1. The van der Waals surface area contributed by atoms with Crippen molar-refractivity contribution < 1.29 is 22.3 Å². The van der Waals surface area contributed by atoms with Gasteiger partial charge < -0.3 is 10.5 Å². The number of nitrogens with zero attached hydrogens (tertiary/aromatic N) is 1. The quantitative estimate of drug-likeness (QED) is 0.595. The molecule has 0 radical (unpaired) electrons. The summed E-state index contributed by atoms with van der Waals surface area (Å²) < 4.78 is 51.1. The Morgan fingerprint density at radius 2 is 2.00 bits per heavy atom. The third kappa shape index (κ3) is 2.38. The third-order valence-electron chi connectivity index (χ3n) is 1.20. The van der Waals surface area contributed by atoms with Crippen LogP contribution in [0.4, 0.5) is 23.2 Å². The van der Waals surface area contributed by atoms with Crippen LogP contribution in [-0.2, 0) is 0 Å². The number of hydrogen-bond acceptors (Lipinski definition) is 3. The molecular formula is C6H3ClF4N2O. The van der Waals surface area contributed by atoms with Crippen molar-refractivity contribution in [2.75, 3.05) is 5.73 Å². The van der Waals surface area contributed by atoms with Crippen LogP contribution >= 0.6 is 11.6 Å². The fourth-order valence-corrected chi connectivity index (χ4v) is 0.809. The van der Waals surface area contributed by atoms with Crippen LogP contribution in [0.5, 0.6) is 5.75 Å². The first-order valence-electron chi connectivity index (χ1n) is 3.16. The van der Waals surface area contributed by atoms with Gasteiger partial charge in [-0.2, -0.15) is 4.39 Å². The fraction of sp³-hybridized carbons (Fsp3) is 0.167. The molecule has 0 aliphatic rings. The van der Waals surface area contributed by atoms with E-state index in [0.717, 1.165) is 6.20 Å². The van der Waals surface area contributed by atoms with Crippen molar-refractivity contribution in [2.45, 2.75) is 6.36 Å². The minimum absolute atomic E-state index is 0.314. The van der Waals surface area contributed by atoms with Gasteiger partial charge in [-0.15, -0.1) is 13.2 Å². The first-order chi connectivity index (χ1) is 6.31. The molecule has 1 rings (SSSR count). The van der Waals surface area contributed by atoms with Crippen molar-refractivity contribution in [1.82, 2.24) is 4.98 Å². The van der Waals surface area contributed by atoms with Crippen LogP contribution < -0.4 is 10.5 Å². The second-order valence-electron chi connectivity index (χ2n) is 2.19. The zero-order valence-electron chi connectivity index (χ0n) is 6.40. The molecule has 0 aliphatic heterocycles. The van der Waals surface area contributed by atoms with Gasteiger partial charge >= 0.3 is 6.36 Å². The predicted molar refractivity (Wildman–Crippen MR) is 40.3 cm³/mol. The van der Waals surface area contributed by atoms with Gasteiger partial charge in [0.05, 0.1) is 16.9 Å². The summed E-state index contributed by atoms with van der Waals surface area (Å²) in [4.78, 5) is 2.92. The first-order valence-corrected chi connectivity index (χ1v) is 3.54. The van der Waals surface area contributed by atoms with E-state index in [1.165, 1.54) is 0 Å². The van der Waals surface area contributed by atoms with Crippen molar-refractivity contribution in [2.24, 2.45) is 0 Å². The number of alkyl halides is 3. The van der Waals surface area contributed by atoms with Crippen LogP contribution in [0.2, 0.25) is 5.02 Å². The second kappa shape index (κ2) is 3.49. The van der Waals surface area contributed by atoms with Crippen molar-refractivity contribution in [3.8, 4) is 5.75 Å². The summed E-state index contributed by atoms with van der Waals surface area (Å²) in [5, 5.41) is -0.314. The average molecular weight is 231 g/mol. The molecule has 1 heterocycles. The van der Waals surface area contributed by atoms with Crippen LogP contribution in [0, 0.1) is 5.95 Å². The van der Waals surface area contributed by atoms with Gasteiger partial charge in [0, 0.05) is 0 Å². The number of pyridine rings is 1. The van der Waals surface area contributed by atoms with Crippen molar-refractivity contribution >= 4 is 17.3 Å². The van der Waals surface area contributed by atoms with Gasteiger partial charge in [-0.05, 0) is 0 Å². The Morgan fingerprint density at radius 3 is 2.50 bits per heavy atom. The monoisotopic (exact) mass is 230 g/mol. The molecule has 0 spiro atoms. The predicted octanol–water partition coefficient (Wildman–Crippen LogP) is 2.35. The van der Waals surface area contributed by atoms with Crippen molar-refractivity contribution in [3.05, 3.63) is 17.2 Å². The van der Waals surface area contributed by atoms with Gasteiger partial charge in [-0.3, -0.25) is 0 Å². The maximum atomic E-state index is 12.7. The summed E-state index contributed by atoms with van der Waals surface area (Å²) in [5.74, 6) is -2.69. The smallest absolute Gasteiger partial charge is 0.399 e. The SMILES string of the molecule is Nc1c(Cl)cnc(F)c1OC(F)(F)F. The van der Waals surface area contributed by atoms with Gasteiger partial charge in [0.25, 0.3) is 5.95 Å². The van der Waals surface area contributed by atoms with E-state index in [-0.39, 0.29) is 5.02 Å². The lowest BCUT2D eigenvalue weighted by atomic mass is 10.4. The number of rotatable bonds is 1. The van der Waals surface area contributed by atoms with Gasteiger partial charge in [-0.25, -0.2) is 4.98 Å². The molecule has 0 atom stereocenters. The molecule has 0 amide bonds. The van der Waals surface area contributed by atoms with Crippen LogP contribution in [0.1, 0.15) is 0 Å². The Balaban J connectivity index is 3.13. The lowest BCUT2D eigenvalue weighted by molar-refractivity contribution is -0.275. The molecule has 0 aliphatic carbocycles. The number of ether oxygens (including phenoxy) is 1. The normalized spacial score (nSPS) is 11.5. The Hall–Kier alpha value is -1.24. The average Bonchev–Trinajstić information content (AvgIpc) is 2.04. The number of anilines is 1. The summed E-state index contributed by atoms with van der Waals surface area (Å²) >= 11 is 5.31. The highest BCUT2D eigenvalue weighted by Crippen LogP contribution is 2.34. The van der Waals surface area contributed by atoms with E-state index in [9.17, 15) is 17.6 Å². The molecule has 1 aromatic rings. The Kier molecular flexibility index (Phi) is 2.70. The van der Waals surface area contributed by atoms with Crippen molar-refractivity contribution in [3.63, 3.8) is 0 Å². The molecule has 2 N–H and O–H groups in total. The maximum Gasteiger partial charge on any atom is 0.573 e. The van der Waals surface area contributed by atoms with E-state index < -0.39 is 23.7 Å². The van der Waals surface area contributed by atoms with E-state index in [1.807, 2.05) is 0 Å². The molecule has 0 fully saturated rings. The van der Waals surface area contributed by atoms with E-state index in [2.05, 4.69) is 9.72 Å². The van der Waals surface area contributed by atoms with E-state index in [0.29, 0.717) is 0 Å². The number of nitrogen functional groups attached to an aromatic ring is 1. The second-order valence-corrected chi connectivity index (χ2v) is 2.59. The summed E-state index contributed by atoms with van der Waals surface area (Å²) in [5.41, 5.74) is 4.41. The molecule has 8 heteroatoms. The highest BCUT2D eigenvalue weighted by Gasteiger charge is 2.34. The van der Waals surface area contributed by atoms with Crippen molar-refractivity contribution in [1.29, 1.82) is 0 Å². The Labute approximate surface area is 80.4 Å².